The molecule has 110 valence electrons. The molecule has 1 aromatic carbocycles. The van der Waals surface area contributed by atoms with E-state index in [0.29, 0.717) is 26.1 Å². The molecule has 0 bridgehead atoms. The minimum absolute atomic E-state index is 0.00727. The molecule has 1 aliphatic rings. The topological polar surface area (TPSA) is 61.8 Å². The number of hydrogen-bond donors (Lipinski definition) is 2. The Bertz CT molecular complexity index is 464. The zero-order chi connectivity index (χ0) is 14.5. The monoisotopic (exact) mass is 278 g/mol. The zero-order valence-corrected chi connectivity index (χ0v) is 12.0. The lowest BCUT2D eigenvalue weighted by Gasteiger charge is -2.22. The number of benzene rings is 1. The molecule has 0 radical (unpaired) electrons. The number of amides is 1. The van der Waals surface area contributed by atoms with Crippen LogP contribution in [0.4, 0.5) is 0 Å². The predicted octanol–water partition coefficient (Wildman–Crippen LogP) is 0.766. The molecule has 5 nitrogen and oxygen atoms in total. The molecule has 1 heterocycles. The second-order valence-electron chi connectivity index (χ2n) is 5.09. The van der Waals surface area contributed by atoms with Crippen molar-refractivity contribution in [2.75, 3.05) is 20.2 Å². The van der Waals surface area contributed by atoms with Crippen molar-refractivity contribution in [2.24, 2.45) is 0 Å². The van der Waals surface area contributed by atoms with Crippen LogP contribution in [-0.4, -0.2) is 48.3 Å². The smallest absolute Gasteiger partial charge is 0.239 e. The van der Waals surface area contributed by atoms with Crippen LogP contribution in [0.15, 0.2) is 24.3 Å². The van der Waals surface area contributed by atoms with Crippen LogP contribution in [0.1, 0.15) is 18.9 Å². The van der Waals surface area contributed by atoms with Crippen LogP contribution in [0.25, 0.3) is 0 Å². The number of rotatable bonds is 5. The van der Waals surface area contributed by atoms with Gasteiger partial charge in [-0.25, -0.2) is 0 Å². The van der Waals surface area contributed by atoms with Crippen LogP contribution >= 0.6 is 0 Å². The summed E-state index contributed by atoms with van der Waals surface area (Å²) in [6.45, 7) is 3.53. The SMILES string of the molecule is CCOc1ccccc1CN(C)C(=O)[C@@H]1C[C@H](O)CN1. The molecule has 0 spiro atoms. The van der Waals surface area contributed by atoms with Crippen molar-refractivity contribution in [3.05, 3.63) is 29.8 Å². The maximum absolute atomic E-state index is 12.3. The molecular formula is C15H22N2O3. The Hall–Kier alpha value is -1.59. The molecule has 1 aliphatic heterocycles. The first-order chi connectivity index (χ1) is 9.61. The maximum atomic E-state index is 12.3. The molecule has 0 saturated carbocycles. The molecule has 1 amide bonds. The van der Waals surface area contributed by atoms with Crippen LogP contribution in [0, 0.1) is 0 Å². The van der Waals surface area contributed by atoms with Gasteiger partial charge in [-0.05, 0) is 19.4 Å². The molecule has 20 heavy (non-hydrogen) atoms. The Morgan fingerprint density at radius 3 is 2.90 bits per heavy atom. The summed E-state index contributed by atoms with van der Waals surface area (Å²) in [5.74, 6) is 0.821. The van der Waals surface area contributed by atoms with Crippen LogP contribution in [0.5, 0.6) is 5.75 Å². The van der Waals surface area contributed by atoms with E-state index in [1.54, 1.807) is 11.9 Å². The number of nitrogens with one attached hydrogen (secondary N) is 1. The number of aliphatic hydroxyl groups is 1. The number of carbonyl (C=O) groups excluding carboxylic acids is 1. The second kappa shape index (κ2) is 6.72. The third kappa shape index (κ3) is 3.49. The third-order valence-corrected chi connectivity index (χ3v) is 3.46. The van der Waals surface area contributed by atoms with E-state index in [-0.39, 0.29) is 11.9 Å². The van der Waals surface area contributed by atoms with Gasteiger partial charge in [0.15, 0.2) is 0 Å². The van der Waals surface area contributed by atoms with E-state index >= 15 is 0 Å². The molecule has 5 heteroatoms. The Morgan fingerprint density at radius 1 is 1.50 bits per heavy atom. The van der Waals surface area contributed by atoms with Crippen molar-refractivity contribution in [1.29, 1.82) is 0 Å². The lowest BCUT2D eigenvalue weighted by molar-refractivity contribution is -0.132. The van der Waals surface area contributed by atoms with Crippen LogP contribution in [-0.2, 0) is 11.3 Å². The van der Waals surface area contributed by atoms with E-state index in [2.05, 4.69) is 5.32 Å². The van der Waals surface area contributed by atoms with Gasteiger partial charge in [0, 0.05) is 25.7 Å². The van der Waals surface area contributed by atoms with Crippen molar-refractivity contribution >= 4 is 5.91 Å². The van der Waals surface area contributed by atoms with E-state index in [9.17, 15) is 9.90 Å². The van der Waals surface area contributed by atoms with E-state index < -0.39 is 6.10 Å². The molecule has 0 unspecified atom stereocenters. The van der Waals surface area contributed by atoms with Crippen molar-refractivity contribution in [1.82, 2.24) is 10.2 Å². The number of carbonyl (C=O) groups is 1. The summed E-state index contributed by atoms with van der Waals surface area (Å²) in [7, 11) is 1.78. The number of nitrogens with zero attached hydrogens (tertiary/aromatic N) is 1. The summed E-state index contributed by atoms with van der Waals surface area (Å²) in [6.07, 6.45) is 0.0593. The van der Waals surface area contributed by atoms with E-state index in [1.165, 1.54) is 0 Å². The van der Waals surface area contributed by atoms with Crippen LogP contribution < -0.4 is 10.1 Å². The zero-order valence-electron chi connectivity index (χ0n) is 12.0. The first-order valence-corrected chi connectivity index (χ1v) is 6.99. The fraction of sp³-hybridized carbons (Fsp3) is 0.533. The summed E-state index contributed by atoms with van der Waals surface area (Å²) in [4.78, 5) is 14.0. The number of aliphatic hydroxyl groups excluding tert-OH is 1. The lowest BCUT2D eigenvalue weighted by atomic mass is 10.1. The summed E-state index contributed by atoms with van der Waals surface area (Å²) < 4.78 is 5.57. The summed E-state index contributed by atoms with van der Waals surface area (Å²) >= 11 is 0. The lowest BCUT2D eigenvalue weighted by Crippen LogP contribution is -2.41. The molecule has 1 fully saturated rings. The summed E-state index contributed by atoms with van der Waals surface area (Å²) in [6, 6.07) is 7.45. The molecule has 0 aromatic heterocycles. The molecule has 1 saturated heterocycles. The number of likely N-dealkylation sites (N-methyl/N-ethyl adjacent to an activating group) is 1. The van der Waals surface area contributed by atoms with Gasteiger partial charge in [-0.2, -0.15) is 0 Å². The van der Waals surface area contributed by atoms with Crippen molar-refractivity contribution in [3.63, 3.8) is 0 Å². The average molecular weight is 278 g/mol. The number of para-hydroxylation sites is 1. The van der Waals surface area contributed by atoms with E-state index in [1.807, 2.05) is 31.2 Å². The van der Waals surface area contributed by atoms with E-state index in [0.717, 1.165) is 11.3 Å². The highest BCUT2D eigenvalue weighted by Gasteiger charge is 2.30. The number of β-amino-alcohol motifs (C(OH)–C–C–N with tert-alkyl or cyclic N) is 1. The first kappa shape index (κ1) is 14.8. The van der Waals surface area contributed by atoms with Gasteiger partial charge in [-0.1, -0.05) is 18.2 Å². The Kier molecular flexibility index (Phi) is 4.98. The van der Waals surface area contributed by atoms with Gasteiger partial charge in [0.05, 0.1) is 18.8 Å². The van der Waals surface area contributed by atoms with E-state index in [4.69, 9.17) is 4.74 Å². The normalized spacial score (nSPS) is 21.8. The number of hydrogen-bond acceptors (Lipinski definition) is 4. The molecule has 0 aliphatic carbocycles. The Labute approximate surface area is 119 Å². The van der Waals surface area contributed by atoms with Crippen molar-refractivity contribution in [3.8, 4) is 5.75 Å². The maximum Gasteiger partial charge on any atom is 0.239 e. The van der Waals surface area contributed by atoms with Crippen molar-refractivity contribution in [2.45, 2.75) is 32.0 Å². The summed E-state index contributed by atoms with van der Waals surface area (Å²) in [5.41, 5.74) is 0.990. The van der Waals surface area contributed by atoms with Gasteiger partial charge in [0.2, 0.25) is 5.91 Å². The highest BCUT2D eigenvalue weighted by Crippen LogP contribution is 2.20. The predicted molar refractivity (Wildman–Crippen MR) is 76.5 cm³/mol. The number of ether oxygens (including phenoxy) is 1. The average Bonchev–Trinajstić information content (AvgIpc) is 2.87. The van der Waals surface area contributed by atoms with Crippen molar-refractivity contribution < 1.29 is 14.6 Å². The minimum atomic E-state index is -0.423. The van der Waals surface area contributed by atoms with Gasteiger partial charge < -0.3 is 20.1 Å². The highest BCUT2D eigenvalue weighted by atomic mass is 16.5. The van der Waals surface area contributed by atoms with Gasteiger partial charge in [-0.3, -0.25) is 4.79 Å². The molecular weight excluding hydrogens is 256 g/mol. The van der Waals surface area contributed by atoms with Gasteiger partial charge in [-0.15, -0.1) is 0 Å². The third-order valence-electron chi connectivity index (χ3n) is 3.46. The first-order valence-electron chi connectivity index (χ1n) is 6.99. The standard InChI is InChI=1S/C15H22N2O3/c1-3-20-14-7-5-4-6-11(14)10-17(2)15(19)13-8-12(18)9-16-13/h4-7,12-13,16,18H,3,8-10H2,1-2H3/t12-,13-/m0/s1. The minimum Gasteiger partial charge on any atom is -0.494 e. The van der Waals surface area contributed by atoms with Crippen LogP contribution in [0.3, 0.4) is 0 Å². The molecule has 2 atom stereocenters. The summed E-state index contributed by atoms with van der Waals surface area (Å²) in [5, 5.41) is 12.5. The van der Waals surface area contributed by atoms with Gasteiger partial charge >= 0.3 is 0 Å². The fourth-order valence-electron chi connectivity index (χ4n) is 2.44. The molecule has 1 aromatic rings. The fourth-order valence-corrected chi connectivity index (χ4v) is 2.44. The Morgan fingerprint density at radius 2 is 2.25 bits per heavy atom. The van der Waals surface area contributed by atoms with Gasteiger partial charge in [0.1, 0.15) is 5.75 Å². The van der Waals surface area contributed by atoms with Crippen LogP contribution in [0.2, 0.25) is 0 Å². The van der Waals surface area contributed by atoms with Gasteiger partial charge in [0.25, 0.3) is 0 Å². The largest absolute Gasteiger partial charge is 0.494 e. The second-order valence-corrected chi connectivity index (χ2v) is 5.09. The molecule has 2 N–H and O–H groups in total. The Balaban J connectivity index is 2.00. The highest BCUT2D eigenvalue weighted by molar-refractivity contribution is 5.82. The quantitative estimate of drug-likeness (QED) is 0.835. The molecule has 2 rings (SSSR count).